The number of rotatable bonds is 5. The highest BCUT2D eigenvalue weighted by Gasteiger charge is 2.15. The van der Waals surface area contributed by atoms with Crippen LogP contribution in [0, 0.1) is 5.82 Å². The lowest BCUT2D eigenvalue weighted by molar-refractivity contribution is 0.0241. The van der Waals surface area contributed by atoms with Crippen LogP contribution < -0.4 is 0 Å². The summed E-state index contributed by atoms with van der Waals surface area (Å²) in [4.78, 5) is 3.57. The van der Waals surface area contributed by atoms with Gasteiger partial charge >= 0.3 is 0 Å². The molecule has 90 valence electrons. The van der Waals surface area contributed by atoms with Gasteiger partial charge in [-0.1, -0.05) is 11.6 Å². The average molecular weight is 250 g/mol. The van der Waals surface area contributed by atoms with E-state index in [0.29, 0.717) is 0 Å². The van der Waals surface area contributed by atoms with E-state index >= 15 is 0 Å². The second-order valence-electron chi connectivity index (χ2n) is 3.40. The number of hydrogen-bond donors (Lipinski definition) is 2. The van der Waals surface area contributed by atoms with E-state index in [-0.39, 0.29) is 23.7 Å². The number of nitrogens with zero attached hydrogens (tertiary/aromatic N) is 1. The summed E-state index contributed by atoms with van der Waals surface area (Å²) < 4.78 is 17.7. The topological polar surface area (TPSA) is 62.6 Å². The van der Waals surface area contributed by atoms with Gasteiger partial charge in [0.1, 0.15) is 0 Å². The fourth-order valence-electron chi connectivity index (χ4n) is 1.27. The van der Waals surface area contributed by atoms with Gasteiger partial charge in [0.15, 0.2) is 11.0 Å². The molecule has 2 atom stereocenters. The van der Waals surface area contributed by atoms with Crippen molar-refractivity contribution < 1.29 is 19.3 Å². The smallest absolute Gasteiger partial charge is 0.164 e. The number of hydrogen-bond acceptors (Lipinski definition) is 4. The highest BCUT2D eigenvalue weighted by Crippen LogP contribution is 2.21. The van der Waals surface area contributed by atoms with Crippen LogP contribution in [0.15, 0.2) is 12.3 Å². The van der Waals surface area contributed by atoms with Crippen LogP contribution in [0.2, 0.25) is 5.15 Å². The number of aliphatic hydroxyl groups is 2. The van der Waals surface area contributed by atoms with Crippen molar-refractivity contribution in [2.75, 3.05) is 13.7 Å². The van der Waals surface area contributed by atoms with E-state index < -0.39 is 18.0 Å². The summed E-state index contributed by atoms with van der Waals surface area (Å²) >= 11 is 5.40. The van der Waals surface area contributed by atoms with Gasteiger partial charge in [-0.15, -0.1) is 0 Å². The first-order valence-corrected chi connectivity index (χ1v) is 5.08. The molecule has 1 heterocycles. The molecule has 0 aliphatic heterocycles. The summed E-state index contributed by atoms with van der Waals surface area (Å²) in [6.45, 7) is 0.112. The second-order valence-corrected chi connectivity index (χ2v) is 3.76. The first-order valence-electron chi connectivity index (χ1n) is 4.70. The van der Waals surface area contributed by atoms with Gasteiger partial charge in [0.05, 0.1) is 18.8 Å². The van der Waals surface area contributed by atoms with Crippen molar-refractivity contribution in [3.63, 3.8) is 0 Å². The molecule has 0 radical (unpaired) electrons. The summed E-state index contributed by atoms with van der Waals surface area (Å²) in [6, 6.07) is 1.10. The van der Waals surface area contributed by atoms with Crippen LogP contribution in [0.1, 0.15) is 18.1 Å². The molecule has 1 aromatic rings. The van der Waals surface area contributed by atoms with Gasteiger partial charge in [-0.25, -0.2) is 9.37 Å². The van der Waals surface area contributed by atoms with E-state index in [1.165, 1.54) is 13.3 Å². The van der Waals surface area contributed by atoms with Gasteiger partial charge in [0, 0.05) is 25.3 Å². The van der Waals surface area contributed by atoms with Crippen LogP contribution in [0.4, 0.5) is 4.39 Å². The fraction of sp³-hybridized carbons (Fsp3) is 0.500. The number of pyridine rings is 1. The molecule has 16 heavy (non-hydrogen) atoms. The van der Waals surface area contributed by atoms with Gasteiger partial charge in [-0.05, 0) is 6.07 Å². The largest absolute Gasteiger partial charge is 0.391 e. The second kappa shape index (κ2) is 6.10. The first kappa shape index (κ1) is 13.3. The summed E-state index contributed by atoms with van der Waals surface area (Å²) in [5.74, 6) is -0.695. The van der Waals surface area contributed by atoms with E-state index in [2.05, 4.69) is 4.98 Å². The number of halogens is 2. The Hall–Kier alpha value is -0.750. The van der Waals surface area contributed by atoms with Crippen LogP contribution >= 0.6 is 11.6 Å². The molecule has 0 spiro atoms. The van der Waals surface area contributed by atoms with E-state index in [1.54, 1.807) is 0 Å². The van der Waals surface area contributed by atoms with Crippen LogP contribution in [0.3, 0.4) is 0 Å². The third kappa shape index (κ3) is 3.68. The van der Waals surface area contributed by atoms with Crippen LogP contribution in [-0.4, -0.2) is 35.0 Å². The first-order chi connectivity index (χ1) is 7.54. The Morgan fingerprint density at radius 3 is 2.81 bits per heavy atom. The number of aromatic nitrogens is 1. The van der Waals surface area contributed by atoms with Crippen molar-refractivity contribution in [1.82, 2.24) is 4.98 Å². The van der Waals surface area contributed by atoms with Gasteiger partial charge in [0.25, 0.3) is 0 Å². The summed E-state index contributed by atoms with van der Waals surface area (Å²) in [7, 11) is 1.44. The Labute approximate surface area is 97.6 Å². The van der Waals surface area contributed by atoms with Gasteiger partial charge in [-0.3, -0.25) is 0 Å². The minimum atomic E-state index is -0.996. The number of methoxy groups -OCH3 is 1. The molecule has 2 N–H and O–H groups in total. The molecule has 6 heteroatoms. The lowest BCUT2D eigenvalue weighted by Crippen LogP contribution is -2.17. The van der Waals surface area contributed by atoms with Gasteiger partial charge in [0.2, 0.25) is 0 Å². The zero-order valence-electron chi connectivity index (χ0n) is 8.73. The van der Waals surface area contributed by atoms with E-state index in [0.717, 1.165) is 6.07 Å². The molecule has 0 amide bonds. The highest BCUT2D eigenvalue weighted by molar-refractivity contribution is 6.29. The Morgan fingerprint density at radius 2 is 2.25 bits per heavy atom. The monoisotopic (exact) mass is 249 g/mol. The highest BCUT2D eigenvalue weighted by atomic mass is 35.5. The summed E-state index contributed by atoms with van der Waals surface area (Å²) in [5, 5.41) is 18.8. The standard InChI is InChI=1S/C10H13ClFNO3/c1-16-5-7(14)3-9(15)6-2-8(12)10(11)13-4-6/h2,4,7,9,14-15H,3,5H2,1H3. The molecule has 0 aliphatic rings. The predicted molar refractivity (Wildman–Crippen MR) is 56.7 cm³/mol. The zero-order chi connectivity index (χ0) is 12.1. The number of ether oxygens (including phenoxy) is 1. The maximum absolute atomic E-state index is 13.0. The maximum Gasteiger partial charge on any atom is 0.164 e. The lowest BCUT2D eigenvalue weighted by atomic mass is 10.1. The fourth-order valence-corrected chi connectivity index (χ4v) is 1.38. The van der Waals surface area contributed by atoms with Crippen LogP contribution in [-0.2, 0) is 4.74 Å². The maximum atomic E-state index is 13.0. The predicted octanol–water partition coefficient (Wildman–Crippen LogP) is 1.30. The SMILES string of the molecule is COCC(O)CC(O)c1cnc(Cl)c(F)c1. The van der Waals surface area contributed by atoms with Crippen molar-refractivity contribution in [2.24, 2.45) is 0 Å². The quantitative estimate of drug-likeness (QED) is 0.773. The van der Waals surface area contributed by atoms with Crippen molar-refractivity contribution in [1.29, 1.82) is 0 Å². The molecule has 0 aliphatic carbocycles. The summed E-state index contributed by atoms with van der Waals surface area (Å²) in [6.07, 6.45) is -0.477. The molecule has 0 aromatic carbocycles. The Kier molecular flexibility index (Phi) is 5.08. The van der Waals surface area contributed by atoms with Gasteiger partial charge < -0.3 is 14.9 Å². The molecular weight excluding hydrogens is 237 g/mol. The minimum absolute atomic E-state index is 0.0522. The molecule has 0 saturated heterocycles. The minimum Gasteiger partial charge on any atom is -0.391 e. The van der Waals surface area contributed by atoms with Gasteiger partial charge in [-0.2, -0.15) is 0 Å². The van der Waals surface area contributed by atoms with E-state index in [9.17, 15) is 14.6 Å². The molecule has 1 rings (SSSR count). The third-order valence-electron chi connectivity index (χ3n) is 2.06. The average Bonchev–Trinajstić information content (AvgIpc) is 2.22. The molecule has 2 unspecified atom stereocenters. The molecular formula is C10H13ClFNO3. The molecule has 4 nitrogen and oxygen atoms in total. The van der Waals surface area contributed by atoms with Crippen LogP contribution in [0.25, 0.3) is 0 Å². The van der Waals surface area contributed by atoms with Crippen molar-refractivity contribution in [3.8, 4) is 0 Å². The van der Waals surface area contributed by atoms with Crippen molar-refractivity contribution >= 4 is 11.6 Å². The normalized spacial score (nSPS) is 14.8. The zero-order valence-corrected chi connectivity index (χ0v) is 9.49. The summed E-state index contributed by atoms with van der Waals surface area (Å²) in [5.41, 5.74) is 0.275. The van der Waals surface area contributed by atoms with Crippen LogP contribution in [0.5, 0.6) is 0 Å². The third-order valence-corrected chi connectivity index (χ3v) is 2.33. The number of aliphatic hydroxyl groups excluding tert-OH is 2. The Balaban J connectivity index is 2.65. The van der Waals surface area contributed by atoms with E-state index in [1.807, 2.05) is 0 Å². The molecule has 0 fully saturated rings. The molecule has 0 saturated carbocycles. The molecule has 0 bridgehead atoms. The lowest BCUT2D eigenvalue weighted by Gasteiger charge is -2.15. The van der Waals surface area contributed by atoms with Crippen molar-refractivity contribution in [3.05, 3.63) is 28.8 Å². The van der Waals surface area contributed by atoms with E-state index in [4.69, 9.17) is 16.3 Å². The van der Waals surface area contributed by atoms with Crippen molar-refractivity contribution in [2.45, 2.75) is 18.6 Å². The molecule has 1 aromatic heterocycles. The Morgan fingerprint density at radius 1 is 1.56 bits per heavy atom. The Bertz CT molecular complexity index is 351.